The molecule has 1 unspecified atom stereocenters. The topological polar surface area (TPSA) is 75.1 Å². The summed E-state index contributed by atoms with van der Waals surface area (Å²) in [7, 11) is 0. The van der Waals surface area contributed by atoms with Crippen molar-refractivity contribution >= 4 is 22.4 Å². The maximum Gasteiger partial charge on any atom is 0.312 e. The van der Waals surface area contributed by atoms with Gasteiger partial charge in [-0.25, -0.2) is 4.98 Å². The van der Waals surface area contributed by atoms with E-state index in [1.165, 1.54) is 0 Å². The van der Waals surface area contributed by atoms with Crippen LogP contribution >= 0.6 is 11.3 Å². The van der Waals surface area contributed by atoms with E-state index in [4.69, 9.17) is 5.11 Å². The lowest BCUT2D eigenvalue weighted by Crippen LogP contribution is -2.09. The number of carbonyl (C=O) groups is 1. The smallest absolute Gasteiger partial charge is 0.312 e. The predicted molar refractivity (Wildman–Crippen MR) is 77.1 cm³/mol. The highest BCUT2D eigenvalue weighted by atomic mass is 32.1. The lowest BCUT2D eigenvalue weighted by atomic mass is 10.1. The summed E-state index contributed by atoms with van der Waals surface area (Å²) in [5.74, 6) is -1.21. The van der Waals surface area contributed by atoms with Gasteiger partial charge < -0.3 is 10.4 Å². The van der Waals surface area contributed by atoms with E-state index in [2.05, 4.69) is 15.3 Å². The molecule has 1 aliphatic carbocycles. The van der Waals surface area contributed by atoms with E-state index in [-0.39, 0.29) is 0 Å². The van der Waals surface area contributed by atoms with Crippen molar-refractivity contribution in [2.45, 2.75) is 32.2 Å². The molecule has 0 aliphatic heterocycles. The number of hydrogen-bond donors (Lipinski definition) is 2. The van der Waals surface area contributed by atoms with Crippen molar-refractivity contribution in [3.63, 3.8) is 0 Å². The van der Waals surface area contributed by atoms with Crippen molar-refractivity contribution in [2.75, 3.05) is 5.32 Å². The molecule has 2 aromatic rings. The molecular weight excluding hydrogens is 274 g/mol. The Morgan fingerprint density at radius 3 is 3.10 bits per heavy atom. The van der Waals surface area contributed by atoms with Gasteiger partial charge in [-0.1, -0.05) is 6.07 Å². The summed E-state index contributed by atoms with van der Waals surface area (Å²) in [6, 6.07) is 5.89. The van der Waals surface area contributed by atoms with Crippen LogP contribution < -0.4 is 5.32 Å². The lowest BCUT2D eigenvalue weighted by Gasteiger charge is -2.04. The molecule has 0 saturated carbocycles. The Morgan fingerprint density at radius 1 is 1.50 bits per heavy atom. The molecule has 0 amide bonds. The summed E-state index contributed by atoms with van der Waals surface area (Å²) in [6.07, 6.45) is 1.48. The quantitative estimate of drug-likeness (QED) is 0.904. The van der Waals surface area contributed by atoms with Crippen LogP contribution in [-0.2, 0) is 17.8 Å². The average molecular weight is 289 g/mol. The first-order chi connectivity index (χ1) is 9.63. The molecule has 2 aromatic heterocycles. The molecule has 104 valence electrons. The van der Waals surface area contributed by atoms with Gasteiger partial charge in [0, 0.05) is 10.6 Å². The van der Waals surface area contributed by atoms with E-state index in [1.807, 2.05) is 25.1 Å². The summed E-state index contributed by atoms with van der Waals surface area (Å²) in [4.78, 5) is 21.1. The number of nitrogens with one attached hydrogen (secondary N) is 1. The first-order valence-corrected chi connectivity index (χ1v) is 7.34. The molecule has 1 atom stereocenters. The standard InChI is InChI=1S/C14H15N3O2S/c1-8-3-2-4-9(16-8)7-15-14-17-12-10(13(18)19)5-6-11(12)20-14/h2-4,10H,5-7H2,1H3,(H,15,17)(H,18,19). The van der Waals surface area contributed by atoms with Crippen LogP contribution in [0.4, 0.5) is 5.13 Å². The summed E-state index contributed by atoms with van der Waals surface area (Å²) in [5.41, 5.74) is 2.68. The zero-order valence-corrected chi connectivity index (χ0v) is 11.9. The molecule has 5 nitrogen and oxygen atoms in total. The number of nitrogens with zero attached hydrogens (tertiary/aromatic N) is 2. The fraction of sp³-hybridized carbons (Fsp3) is 0.357. The predicted octanol–water partition coefficient (Wildman–Crippen LogP) is 2.57. The molecule has 6 heteroatoms. The SMILES string of the molecule is Cc1cccc(CNc2nc3c(s2)CCC3C(=O)O)n1. The van der Waals surface area contributed by atoms with Gasteiger partial charge in [0.2, 0.25) is 0 Å². The van der Waals surface area contributed by atoms with Crippen LogP contribution in [0.25, 0.3) is 0 Å². The molecule has 0 radical (unpaired) electrons. The number of carboxylic acid groups (broad SMARTS) is 1. The van der Waals surface area contributed by atoms with Crippen molar-refractivity contribution in [2.24, 2.45) is 0 Å². The van der Waals surface area contributed by atoms with Crippen LogP contribution in [0, 0.1) is 6.92 Å². The summed E-state index contributed by atoms with van der Waals surface area (Å²) in [5, 5.41) is 13.2. The number of aromatic nitrogens is 2. The summed E-state index contributed by atoms with van der Waals surface area (Å²) >= 11 is 1.55. The molecule has 20 heavy (non-hydrogen) atoms. The number of anilines is 1. The van der Waals surface area contributed by atoms with Crippen molar-refractivity contribution in [3.8, 4) is 0 Å². The van der Waals surface area contributed by atoms with Gasteiger partial charge >= 0.3 is 5.97 Å². The normalized spacial score (nSPS) is 16.9. The van der Waals surface area contributed by atoms with Crippen LogP contribution in [-0.4, -0.2) is 21.0 Å². The highest BCUT2D eigenvalue weighted by Crippen LogP contribution is 2.38. The Bertz CT molecular complexity index is 654. The number of pyridine rings is 1. The lowest BCUT2D eigenvalue weighted by molar-refractivity contribution is -0.138. The van der Waals surface area contributed by atoms with Gasteiger partial charge in [-0.2, -0.15) is 0 Å². The molecule has 2 heterocycles. The molecular formula is C14H15N3O2S. The number of rotatable bonds is 4. The third-order valence-corrected chi connectivity index (χ3v) is 4.47. The number of fused-ring (bicyclic) bond motifs is 1. The van der Waals surface area contributed by atoms with Crippen molar-refractivity contribution in [3.05, 3.63) is 40.2 Å². The van der Waals surface area contributed by atoms with Crippen molar-refractivity contribution in [1.82, 2.24) is 9.97 Å². The number of hydrogen-bond acceptors (Lipinski definition) is 5. The maximum absolute atomic E-state index is 11.1. The minimum Gasteiger partial charge on any atom is -0.481 e. The second-order valence-electron chi connectivity index (χ2n) is 4.88. The van der Waals surface area contributed by atoms with E-state index in [0.29, 0.717) is 13.0 Å². The van der Waals surface area contributed by atoms with Crippen molar-refractivity contribution < 1.29 is 9.90 Å². The monoisotopic (exact) mass is 289 g/mol. The zero-order valence-electron chi connectivity index (χ0n) is 11.1. The molecule has 0 bridgehead atoms. The molecule has 1 aliphatic rings. The zero-order chi connectivity index (χ0) is 14.1. The third-order valence-electron chi connectivity index (χ3n) is 3.38. The van der Waals surface area contributed by atoms with Crippen LogP contribution in [0.2, 0.25) is 0 Å². The van der Waals surface area contributed by atoms with E-state index >= 15 is 0 Å². The Morgan fingerprint density at radius 2 is 2.35 bits per heavy atom. The first kappa shape index (κ1) is 13.1. The molecule has 3 rings (SSSR count). The van der Waals surface area contributed by atoms with Gasteiger partial charge in [-0.05, 0) is 31.9 Å². The highest BCUT2D eigenvalue weighted by molar-refractivity contribution is 7.15. The Balaban J connectivity index is 1.71. The second kappa shape index (κ2) is 5.20. The third kappa shape index (κ3) is 2.51. The minimum absolute atomic E-state index is 0.436. The molecule has 0 saturated heterocycles. The second-order valence-corrected chi connectivity index (χ2v) is 5.96. The van der Waals surface area contributed by atoms with Gasteiger partial charge in [0.05, 0.1) is 17.9 Å². The highest BCUT2D eigenvalue weighted by Gasteiger charge is 2.32. The average Bonchev–Trinajstić information content (AvgIpc) is 2.95. The minimum atomic E-state index is -0.777. The first-order valence-electron chi connectivity index (χ1n) is 6.52. The van der Waals surface area contributed by atoms with Gasteiger partial charge in [0.15, 0.2) is 5.13 Å². The summed E-state index contributed by atoms with van der Waals surface area (Å²) in [6.45, 7) is 2.56. The fourth-order valence-electron chi connectivity index (χ4n) is 2.41. The fourth-order valence-corrected chi connectivity index (χ4v) is 3.44. The van der Waals surface area contributed by atoms with E-state index in [0.717, 1.165) is 33.5 Å². The number of thiazole rings is 1. The largest absolute Gasteiger partial charge is 0.481 e. The van der Waals surface area contributed by atoms with Gasteiger partial charge in [0.1, 0.15) is 5.92 Å². The van der Waals surface area contributed by atoms with Crippen LogP contribution in [0.3, 0.4) is 0 Å². The van der Waals surface area contributed by atoms with Crippen LogP contribution in [0.1, 0.15) is 34.3 Å². The summed E-state index contributed by atoms with van der Waals surface area (Å²) < 4.78 is 0. The number of carboxylic acids is 1. The molecule has 2 N–H and O–H groups in total. The van der Waals surface area contributed by atoms with Gasteiger partial charge in [0.25, 0.3) is 0 Å². The maximum atomic E-state index is 11.1. The van der Waals surface area contributed by atoms with Crippen LogP contribution in [0.15, 0.2) is 18.2 Å². The van der Waals surface area contributed by atoms with E-state index in [1.54, 1.807) is 11.3 Å². The Hall–Kier alpha value is -1.95. The Kier molecular flexibility index (Phi) is 3.40. The Labute approximate surface area is 120 Å². The van der Waals surface area contributed by atoms with Gasteiger partial charge in [-0.15, -0.1) is 11.3 Å². The van der Waals surface area contributed by atoms with Crippen LogP contribution in [0.5, 0.6) is 0 Å². The number of aliphatic carboxylic acids is 1. The van der Waals surface area contributed by atoms with E-state index in [9.17, 15) is 4.79 Å². The molecule has 0 fully saturated rings. The van der Waals surface area contributed by atoms with Crippen molar-refractivity contribution in [1.29, 1.82) is 0 Å². The molecule has 0 aromatic carbocycles. The van der Waals surface area contributed by atoms with Gasteiger partial charge in [-0.3, -0.25) is 9.78 Å². The number of aryl methyl sites for hydroxylation is 2. The van der Waals surface area contributed by atoms with E-state index < -0.39 is 11.9 Å². The molecule has 0 spiro atoms.